The number of hydrogen-bond acceptors (Lipinski definition) is 2. The molecule has 2 aliphatic heterocycles. The highest BCUT2D eigenvalue weighted by Gasteiger charge is 2.42. The molecular weight excluding hydrogens is 245 g/mol. The first kappa shape index (κ1) is 12.5. The summed E-state index contributed by atoms with van der Waals surface area (Å²) in [5.74, 6) is 2.92. The molecule has 0 amide bonds. The van der Waals surface area contributed by atoms with Gasteiger partial charge in [0, 0.05) is 12.5 Å². The fourth-order valence-electron chi connectivity index (χ4n) is 3.52. The fraction of sp³-hybridized carbons (Fsp3) is 0.600. The van der Waals surface area contributed by atoms with Crippen molar-refractivity contribution < 1.29 is 4.39 Å². The minimum atomic E-state index is -0.100. The van der Waals surface area contributed by atoms with E-state index in [-0.39, 0.29) is 5.82 Å². The van der Waals surface area contributed by atoms with Crippen molar-refractivity contribution >= 4 is 11.8 Å². The maximum atomic E-state index is 13.5. The molecule has 1 nitrogen and oxygen atoms in total. The van der Waals surface area contributed by atoms with Crippen LogP contribution in [0.1, 0.15) is 30.7 Å². The molecule has 2 atom stereocenters. The van der Waals surface area contributed by atoms with Crippen molar-refractivity contribution in [1.29, 1.82) is 0 Å². The molecule has 1 spiro atoms. The lowest BCUT2D eigenvalue weighted by atomic mass is 9.66. The standard InChI is InChI=1S/C15H20FNS/c16-13-4-1-3-12(9-13)14-10-17-7-6-15(14)5-2-8-18-11-15/h1,3-4,9,14,17H,2,5-8,10-11H2. The number of thioether (sulfide) groups is 1. The highest BCUT2D eigenvalue weighted by atomic mass is 32.2. The SMILES string of the molecule is Fc1cccc(C2CNCCC23CCCSC3)c1. The second-order valence-corrected chi connectivity index (χ2v) is 6.69. The monoisotopic (exact) mass is 265 g/mol. The van der Waals surface area contributed by atoms with Gasteiger partial charge in [-0.1, -0.05) is 12.1 Å². The molecular formula is C15H20FNS. The van der Waals surface area contributed by atoms with Crippen LogP contribution in [-0.2, 0) is 0 Å². The molecule has 0 aliphatic carbocycles. The Morgan fingerprint density at radius 1 is 1.33 bits per heavy atom. The summed E-state index contributed by atoms with van der Waals surface area (Å²) in [4.78, 5) is 0. The quantitative estimate of drug-likeness (QED) is 0.835. The summed E-state index contributed by atoms with van der Waals surface area (Å²) in [7, 11) is 0. The molecule has 2 unspecified atom stereocenters. The summed E-state index contributed by atoms with van der Waals surface area (Å²) in [5.41, 5.74) is 1.59. The topological polar surface area (TPSA) is 12.0 Å². The van der Waals surface area contributed by atoms with Gasteiger partial charge in [0.25, 0.3) is 0 Å². The van der Waals surface area contributed by atoms with Gasteiger partial charge in [-0.05, 0) is 60.4 Å². The van der Waals surface area contributed by atoms with E-state index in [4.69, 9.17) is 0 Å². The Balaban J connectivity index is 1.91. The van der Waals surface area contributed by atoms with Gasteiger partial charge in [-0.2, -0.15) is 11.8 Å². The number of rotatable bonds is 1. The molecule has 2 saturated heterocycles. The van der Waals surface area contributed by atoms with Crippen LogP contribution in [0.2, 0.25) is 0 Å². The summed E-state index contributed by atoms with van der Waals surface area (Å²) < 4.78 is 13.5. The van der Waals surface area contributed by atoms with Crippen LogP contribution >= 0.6 is 11.8 Å². The van der Waals surface area contributed by atoms with Crippen molar-refractivity contribution in [2.75, 3.05) is 24.6 Å². The number of benzene rings is 1. The predicted molar refractivity (Wildman–Crippen MR) is 75.6 cm³/mol. The van der Waals surface area contributed by atoms with E-state index in [1.54, 1.807) is 12.1 Å². The van der Waals surface area contributed by atoms with Crippen LogP contribution < -0.4 is 5.32 Å². The van der Waals surface area contributed by atoms with Crippen molar-refractivity contribution in [3.05, 3.63) is 35.6 Å². The minimum Gasteiger partial charge on any atom is -0.316 e. The zero-order valence-corrected chi connectivity index (χ0v) is 11.4. The Hall–Kier alpha value is -0.540. The minimum absolute atomic E-state index is 0.100. The molecule has 18 heavy (non-hydrogen) atoms. The molecule has 3 rings (SSSR count). The third-order valence-corrected chi connectivity index (χ3v) is 5.85. The van der Waals surface area contributed by atoms with E-state index in [9.17, 15) is 4.39 Å². The molecule has 1 aromatic carbocycles. The van der Waals surface area contributed by atoms with Gasteiger partial charge in [0.2, 0.25) is 0 Å². The lowest BCUT2D eigenvalue weighted by Gasteiger charge is -2.47. The van der Waals surface area contributed by atoms with Crippen molar-refractivity contribution in [2.45, 2.75) is 25.2 Å². The molecule has 0 bridgehead atoms. The lowest BCUT2D eigenvalue weighted by Crippen LogP contribution is -2.46. The molecule has 1 N–H and O–H groups in total. The average Bonchev–Trinajstić information content (AvgIpc) is 2.40. The smallest absolute Gasteiger partial charge is 0.123 e. The molecule has 98 valence electrons. The van der Waals surface area contributed by atoms with E-state index in [1.165, 1.54) is 36.3 Å². The van der Waals surface area contributed by atoms with Gasteiger partial charge in [0.1, 0.15) is 5.82 Å². The zero-order valence-electron chi connectivity index (χ0n) is 10.6. The average molecular weight is 265 g/mol. The summed E-state index contributed by atoms with van der Waals surface area (Å²) >= 11 is 2.08. The fourth-order valence-corrected chi connectivity index (χ4v) is 4.90. The third-order valence-electron chi connectivity index (χ3n) is 4.49. The highest BCUT2D eigenvalue weighted by Crippen LogP contribution is 2.49. The van der Waals surface area contributed by atoms with Crippen molar-refractivity contribution in [3.63, 3.8) is 0 Å². The first-order chi connectivity index (χ1) is 8.80. The molecule has 1 aromatic rings. The lowest BCUT2D eigenvalue weighted by molar-refractivity contribution is 0.173. The predicted octanol–water partition coefficient (Wildman–Crippen LogP) is 3.42. The Bertz CT molecular complexity index is 406. The van der Waals surface area contributed by atoms with Crippen LogP contribution in [0.25, 0.3) is 0 Å². The van der Waals surface area contributed by atoms with E-state index >= 15 is 0 Å². The van der Waals surface area contributed by atoms with Gasteiger partial charge in [0.15, 0.2) is 0 Å². The van der Waals surface area contributed by atoms with Crippen LogP contribution in [-0.4, -0.2) is 24.6 Å². The summed E-state index contributed by atoms with van der Waals surface area (Å²) in [6.45, 7) is 2.12. The van der Waals surface area contributed by atoms with E-state index in [1.807, 2.05) is 6.07 Å². The largest absolute Gasteiger partial charge is 0.316 e. The molecule has 2 heterocycles. The van der Waals surface area contributed by atoms with E-state index in [0.29, 0.717) is 11.3 Å². The van der Waals surface area contributed by atoms with Crippen LogP contribution in [0, 0.1) is 11.2 Å². The third kappa shape index (κ3) is 2.30. The normalized spacial score (nSPS) is 32.6. The molecule has 0 aromatic heterocycles. The van der Waals surface area contributed by atoms with Crippen LogP contribution in [0.3, 0.4) is 0 Å². The van der Waals surface area contributed by atoms with Crippen molar-refractivity contribution in [1.82, 2.24) is 5.32 Å². The number of hydrogen-bond donors (Lipinski definition) is 1. The van der Waals surface area contributed by atoms with E-state index in [0.717, 1.165) is 13.1 Å². The Labute approximate surface area is 113 Å². The van der Waals surface area contributed by atoms with Crippen LogP contribution in [0.4, 0.5) is 4.39 Å². The zero-order chi connectivity index (χ0) is 12.4. The number of halogens is 1. The van der Waals surface area contributed by atoms with Crippen molar-refractivity contribution in [3.8, 4) is 0 Å². The number of nitrogens with one attached hydrogen (secondary N) is 1. The second-order valence-electron chi connectivity index (χ2n) is 5.58. The van der Waals surface area contributed by atoms with E-state index < -0.39 is 0 Å². The van der Waals surface area contributed by atoms with Crippen LogP contribution in [0.5, 0.6) is 0 Å². The number of piperidine rings is 1. The van der Waals surface area contributed by atoms with Gasteiger partial charge < -0.3 is 5.32 Å². The summed E-state index contributed by atoms with van der Waals surface area (Å²) in [5, 5.41) is 3.49. The van der Waals surface area contributed by atoms with Gasteiger partial charge in [-0.3, -0.25) is 0 Å². The molecule has 0 saturated carbocycles. The Morgan fingerprint density at radius 3 is 3.06 bits per heavy atom. The molecule has 3 heteroatoms. The van der Waals surface area contributed by atoms with Crippen LogP contribution in [0.15, 0.2) is 24.3 Å². The molecule has 2 fully saturated rings. The first-order valence-electron chi connectivity index (χ1n) is 6.84. The van der Waals surface area contributed by atoms with Gasteiger partial charge in [-0.15, -0.1) is 0 Å². The van der Waals surface area contributed by atoms with Gasteiger partial charge in [0.05, 0.1) is 0 Å². The van der Waals surface area contributed by atoms with Gasteiger partial charge in [-0.25, -0.2) is 4.39 Å². The van der Waals surface area contributed by atoms with E-state index in [2.05, 4.69) is 23.1 Å². The highest BCUT2D eigenvalue weighted by molar-refractivity contribution is 7.99. The first-order valence-corrected chi connectivity index (χ1v) is 8.00. The summed E-state index contributed by atoms with van der Waals surface area (Å²) in [6.07, 6.45) is 3.86. The van der Waals surface area contributed by atoms with Crippen molar-refractivity contribution in [2.24, 2.45) is 5.41 Å². The van der Waals surface area contributed by atoms with Gasteiger partial charge >= 0.3 is 0 Å². The molecule has 0 radical (unpaired) electrons. The molecule has 2 aliphatic rings. The summed E-state index contributed by atoms with van der Waals surface area (Å²) in [6, 6.07) is 7.23. The maximum absolute atomic E-state index is 13.5. The Morgan fingerprint density at radius 2 is 2.28 bits per heavy atom. The Kier molecular flexibility index (Phi) is 3.62. The second kappa shape index (κ2) is 5.22. The maximum Gasteiger partial charge on any atom is 0.123 e.